The first-order chi connectivity index (χ1) is 15.2. The summed E-state index contributed by atoms with van der Waals surface area (Å²) in [7, 11) is 0. The van der Waals surface area contributed by atoms with Gasteiger partial charge >= 0.3 is 0 Å². The van der Waals surface area contributed by atoms with Gasteiger partial charge in [0, 0.05) is 18.2 Å². The molecule has 0 bridgehead atoms. The van der Waals surface area contributed by atoms with Gasteiger partial charge in [0.2, 0.25) is 5.91 Å². The Balaban J connectivity index is 1.63. The first kappa shape index (κ1) is 23.0. The van der Waals surface area contributed by atoms with Crippen LogP contribution in [0, 0.1) is 5.92 Å². The van der Waals surface area contributed by atoms with Crippen molar-refractivity contribution in [1.82, 2.24) is 10.1 Å². The van der Waals surface area contributed by atoms with Crippen LogP contribution in [0.5, 0.6) is 0 Å². The first-order valence-corrected chi connectivity index (χ1v) is 11.7. The highest BCUT2D eigenvalue weighted by atomic mass is 16.5. The summed E-state index contributed by atoms with van der Waals surface area (Å²) in [6, 6.07) is 9.49. The minimum absolute atomic E-state index is 0.0148. The van der Waals surface area contributed by atoms with Gasteiger partial charge in [0.15, 0.2) is 5.82 Å². The number of hydrogen-bond acceptors (Lipinski definition) is 4. The van der Waals surface area contributed by atoms with Crippen LogP contribution in [0.25, 0.3) is 0 Å². The third-order valence-corrected chi connectivity index (χ3v) is 6.05. The molecular weight excluding hydrogens is 390 g/mol. The molecule has 1 aliphatic rings. The summed E-state index contributed by atoms with van der Waals surface area (Å²) < 4.78 is 4.77. The molecule has 0 aliphatic heterocycles. The van der Waals surface area contributed by atoms with E-state index in [0.29, 0.717) is 23.8 Å². The summed E-state index contributed by atoms with van der Waals surface area (Å²) in [6.07, 6.45) is 13.3. The van der Waals surface area contributed by atoms with Crippen LogP contribution in [0.1, 0.15) is 80.6 Å². The second-order valence-electron chi connectivity index (χ2n) is 8.63. The standard InChI is InChI=1S/C25H35N3O3/c1-2-3-4-6-9-20-12-14-22(15-13-20)25(30)28(18-21-10-7-5-8-11-21)19-24(29)26-23-16-17-31-27-23/h12-17,21H,2-11,18-19H2,1H3,(H,26,27,29). The molecule has 1 heterocycles. The molecule has 31 heavy (non-hydrogen) atoms. The van der Waals surface area contributed by atoms with Crippen molar-refractivity contribution in [3.8, 4) is 0 Å². The predicted octanol–water partition coefficient (Wildman–Crippen LogP) is 5.46. The van der Waals surface area contributed by atoms with Gasteiger partial charge in [0.1, 0.15) is 12.8 Å². The van der Waals surface area contributed by atoms with Crippen molar-refractivity contribution in [2.45, 2.75) is 71.1 Å². The Labute approximate surface area is 185 Å². The molecule has 1 aliphatic carbocycles. The predicted molar refractivity (Wildman–Crippen MR) is 122 cm³/mol. The fraction of sp³-hybridized carbons (Fsp3) is 0.560. The van der Waals surface area contributed by atoms with Gasteiger partial charge in [-0.05, 0) is 49.3 Å². The number of aromatic nitrogens is 1. The third-order valence-electron chi connectivity index (χ3n) is 6.05. The van der Waals surface area contributed by atoms with Gasteiger partial charge < -0.3 is 14.7 Å². The molecule has 2 aromatic rings. The average Bonchev–Trinajstić information content (AvgIpc) is 3.30. The maximum absolute atomic E-state index is 13.3. The van der Waals surface area contributed by atoms with Gasteiger partial charge in [-0.2, -0.15) is 0 Å². The second-order valence-corrected chi connectivity index (χ2v) is 8.63. The van der Waals surface area contributed by atoms with Gasteiger partial charge in [-0.1, -0.05) is 62.7 Å². The molecule has 1 saturated carbocycles. The minimum atomic E-state index is -0.259. The average molecular weight is 426 g/mol. The van der Waals surface area contributed by atoms with E-state index in [1.165, 1.54) is 56.8 Å². The summed E-state index contributed by atoms with van der Waals surface area (Å²) in [5, 5.41) is 6.42. The van der Waals surface area contributed by atoms with Crippen LogP contribution in [-0.2, 0) is 11.2 Å². The fourth-order valence-corrected chi connectivity index (χ4v) is 4.29. The zero-order chi connectivity index (χ0) is 21.9. The molecule has 3 rings (SSSR count). The Hall–Kier alpha value is -2.63. The molecule has 0 atom stereocenters. The molecule has 0 unspecified atom stereocenters. The van der Waals surface area contributed by atoms with Crippen LogP contribution in [0.2, 0.25) is 0 Å². The van der Waals surface area contributed by atoms with Crippen molar-refractivity contribution in [2.75, 3.05) is 18.4 Å². The van der Waals surface area contributed by atoms with Crippen molar-refractivity contribution in [1.29, 1.82) is 0 Å². The van der Waals surface area contributed by atoms with Crippen molar-refractivity contribution >= 4 is 17.6 Å². The van der Waals surface area contributed by atoms with Gasteiger partial charge in [-0.25, -0.2) is 0 Å². The molecular formula is C25H35N3O3. The molecule has 6 heteroatoms. The van der Waals surface area contributed by atoms with E-state index in [9.17, 15) is 9.59 Å². The lowest BCUT2D eigenvalue weighted by Gasteiger charge is -2.29. The van der Waals surface area contributed by atoms with E-state index in [1.54, 1.807) is 11.0 Å². The van der Waals surface area contributed by atoms with E-state index in [4.69, 9.17) is 4.52 Å². The van der Waals surface area contributed by atoms with Crippen molar-refractivity contribution in [3.63, 3.8) is 0 Å². The molecule has 1 aromatic heterocycles. The van der Waals surface area contributed by atoms with Gasteiger partial charge in [-0.3, -0.25) is 9.59 Å². The van der Waals surface area contributed by atoms with Gasteiger partial charge in [-0.15, -0.1) is 0 Å². The summed E-state index contributed by atoms with van der Waals surface area (Å²) in [6.45, 7) is 2.84. The molecule has 0 saturated heterocycles. The Morgan fingerprint density at radius 1 is 1.06 bits per heavy atom. The van der Waals surface area contributed by atoms with Crippen LogP contribution in [-0.4, -0.2) is 35.0 Å². The Bertz CT molecular complexity index is 796. The van der Waals surface area contributed by atoms with Crippen molar-refractivity contribution < 1.29 is 14.1 Å². The molecule has 2 amide bonds. The monoisotopic (exact) mass is 425 g/mol. The Morgan fingerprint density at radius 2 is 1.84 bits per heavy atom. The number of nitrogens with zero attached hydrogens (tertiary/aromatic N) is 2. The van der Waals surface area contributed by atoms with E-state index in [0.717, 1.165) is 19.3 Å². The van der Waals surface area contributed by atoms with E-state index < -0.39 is 0 Å². The molecule has 0 radical (unpaired) electrons. The highest BCUT2D eigenvalue weighted by Gasteiger charge is 2.24. The first-order valence-electron chi connectivity index (χ1n) is 11.7. The number of carbonyl (C=O) groups excluding carboxylic acids is 2. The lowest BCUT2D eigenvalue weighted by Crippen LogP contribution is -2.41. The second kappa shape index (κ2) is 12.3. The number of amides is 2. The third kappa shape index (κ3) is 7.53. The number of rotatable bonds is 11. The number of benzene rings is 1. The Morgan fingerprint density at radius 3 is 2.52 bits per heavy atom. The number of anilines is 1. The van der Waals surface area contributed by atoms with Crippen LogP contribution >= 0.6 is 0 Å². The highest BCUT2D eigenvalue weighted by molar-refractivity contribution is 5.99. The molecule has 1 aromatic carbocycles. The van der Waals surface area contributed by atoms with Crippen LogP contribution in [0.3, 0.4) is 0 Å². The largest absolute Gasteiger partial charge is 0.363 e. The fourth-order valence-electron chi connectivity index (χ4n) is 4.29. The topological polar surface area (TPSA) is 75.4 Å². The maximum atomic E-state index is 13.3. The summed E-state index contributed by atoms with van der Waals surface area (Å²) in [4.78, 5) is 27.5. The Kier molecular flexibility index (Phi) is 9.13. The summed E-state index contributed by atoms with van der Waals surface area (Å²) in [5.41, 5.74) is 1.90. The van der Waals surface area contributed by atoms with E-state index >= 15 is 0 Å². The summed E-state index contributed by atoms with van der Waals surface area (Å²) >= 11 is 0. The maximum Gasteiger partial charge on any atom is 0.254 e. The molecule has 1 N–H and O–H groups in total. The zero-order valence-electron chi connectivity index (χ0n) is 18.6. The van der Waals surface area contributed by atoms with Crippen molar-refractivity contribution in [3.05, 3.63) is 47.7 Å². The van der Waals surface area contributed by atoms with E-state index in [2.05, 4.69) is 17.4 Å². The number of carbonyl (C=O) groups is 2. The van der Waals surface area contributed by atoms with Crippen LogP contribution in [0.15, 0.2) is 41.1 Å². The smallest absolute Gasteiger partial charge is 0.254 e. The SMILES string of the molecule is CCCCCCc1ccc(C(=O)N(CC(=O)Nc2ccon2)CC2CCCCC2)cc1. The molecule has 0 spiro atoms. The number of unbranched alkanes of at least 4 members (excludes halogenated alkanes) is 3. The van der Waals surface area contributed by atoms with Crippen LogP contribution in [0.4, 0.5) is 5.82 Å². The summed E-state index contributed by atoms with van der Waals surface area (Å²) in [5.74, 6) is 0.474. The highest BCUT2D eigenvalue weighted by Crippen LogP contribution is 2.25. The van der Waals surface area contributed by atoms with Crippen molar-refractivity contribution in [2.24, 2.45) is 5.92 Å². The molecule has 1 fully saturated rings. The molecule has 6 nitrogen and oxygen atoms in total. The normalized spacial score (nSPS) is 14.4. The van der Waals surface area contributed by atoms with E-state index in [-0.39, 0.29) is 18.4 Å². The number of aryl methyl sites for hydroxylation is 1. The zero-order valence-corrected chi connectivity index (χ0v) is 18.6. The quantitative estimate of drug-likeness (QED) is 0.485. The number of nitrogens with one attached hydrogen (secondary N) is 1. The van der Waals surface area contributed by atoms with Crippen LogP contribution < -0.4 is 5.32 Å². The lowest BCUT2D eigenvalue weighted by molar-refractivity contribution is -0.117. The van der Waals surface area contributed by atoms with E-state index in [1.807, 2.05) is 24.3 Å². The van der Waals surface area contributed by atoms with Gasteiger partial charge in [0.25, 0.3) is 5.91 Å². The molecule has 168 valence electrons. The lowest BCUT2D eigenvalue weighted by atomic mass is 9.89. The minimum Gasteiger partial charge on any atom is -0.363 e. The number of hydrogen-bond donors (Lipinski definition) is 1. The van der Waals surface area contributed by atoms with Gasteiger partial charge in [0.05, 0.1) is 0 Å².